The number of hydrogen-bond acceptors (Lipinski definition) is 3. The maximum absolute atomic E-state index is 11.0. The van der Waals surface area contributed by atoms with Crippen LogP contribution in [0.2, 0.25) is 0 Å². The highest BCUT2D eigenvalue weighted by atomic mass is 79.9. The van der Waals surface area contributed by atoms with Gasteiger partial charge in [-0.25, -0.2) is 0 Å². The number of nitrogens with zero attached hydrogens (tertiary/aromatic N) is 1. The van der Waals surface area contributed by atoms with Crippen LogP contribution < -0.4 is 0 Å². The molecule has 0 saturated carbocycles. The molecule has 1 aromatic carbocycles. The number of halogens is 1. The number of H-pyrrole nitrogens is 1. The summed E-state index contributed by atoms with van der Waals surface area (Å²) in [6.07, 6.45) is 5.23. The van der Waals surface area contributed by atoms with Crippen LogP contribution in [-0.4, -0.2) is 41.9 Å². The lowest BCUT2D eigenvalue weighted by Gasteiger charge is -2.45. The summed E-state index contributed by atoms with van der Waals surface area (Å²) < 4.78 is 6.74. The second kappa shape index (κ2) is 6.61. The molecule has 0 spiro atoms. The van der Waals surface area contributed by atoms with E-state index in [4.69, 9.17) is 4.74 Å². The van der Waals surface area contributed by atoms with Crippen LogP contribution in [-0.2, 0) is 16.0 Å². The second-order valence-electron chi connectivity index (χ2n) is 7.35. The molecule has 4 rings (SSSR count). The van der Waals surface area contributed by atoms with Crippen molar-refractivity contribution in [2.75, 3.05) is 20.2 Å². The Hall–Kier alpha value is -1.59. The highest BCUT2D eigenvalue weighted by Gasteiger charge is 2.40. The molecule has 5 heteroatoms. The Morgan fingerprint density at radius 3 is 3.12 bits per heavy atom. The van der Waals surface area contributed by atoms with Gasteiger partial charge in [0.05, 0.1) is 17.5 Å². The molecule has 1 N–H and O–H groups in total. The molecule has 0 amide bonds. The summed E-state index contributed by atoms with van der Waals surface area (Å²) in [4.78, 5) is 16.9. The fraction of sp³-hybridized carbons (Fsp3) is 0.450. The fourth-order valence-electron chi connectivity index (χ4n) is 4.55. The maximum atomic E-state index is 11.0. The highest BCUT2D eigenvalue weighted by molar-refractivity contribution is 9.10. The van der Waals surface area contributed by atoms with Gasteiger partial charge in [-0.2, -0.15) is 0 Å². The van der Waals surface area contributed by atoms with Gasteiger partial charge in [0, 0.05) is 41.4 Å². The average Bonchev–Trinajstić information content (AvgIpc) is 2.90. The molecule has 2 heterocycles. The smallest absolute Gasteiger partial charge is 0.155 e. The number of ketones is 1. The number of carbonyl (C=O) groups excluding carboxylic acids is 1. The molecule has 1 aromatic heterocycles. The molecule has 2 unspecified atom stereocenters. The highest BCUT2D eigenvalue weighted by Crippen LogP contribution is 2.46. The normalized spacial score (nSPS) is 26.1. The Bertz CT molecular complexity index is 842. The van der Waals surface area contributed by atoms with Crippen molar-refractivity contribution in [1.82, 2.24) is 9.88 Å². The van der Waals surface area contributed by atoms with E-state index in [1.807, 2.05) is 0 Å². The number of rotatable bonds is 4. The van der Waals surface area contributed by atoms with E-state index in [2.05, 4.69) is 51.1 Å². The Morgan fingerprint density at radius 2 is 2.32 bits per heavy atom. The zero-order chi connectivity index (χ0) is 17.6. The number of nitrogens with one attached hydrogen (secondary N) is 1. The summed E-state index contributed by atoms with van der Waals surface area (Å²) in [5.74, 6) is 1.02. The Labute approximate surface area is 156 Å². The number of carbonyl (C=O) groups is 1. The molecular formula is C20H23BrN2O2. The lowest BCUT2D eigenvalue weighted by atomic mass is 9.72. The number of piperidine rings is 1. The summed E-state index contributed by atoms with van der Waals surface area (Å²) in [7, 11) is 2.22. The number of hydrogen-bond donors (Lipinski definition) is 1. The van der Waals surface area contributed by atoms with Gasteiger partial charge < -0.3 is 14.6 Å². The minimum absolute atomic E-state index is 0.0188. The van der Waals surface area contributed by atoms with Gasteiger partial charge in [-0.1, -0.05) is 12.1 Å². The number of likely N-dealkylation sites (N-methyl/N-ethyl adjacent to an activating group) is 1. The number of benzene rings is 1. The molecule has 25 heavy (non-hydrogen) atoms. The first-order valence-electron chi connectivity index (χ1n) is 8.82. The van der Waals surface area contributed by atoms with Crippen LogP contribution >= 0.6 is 15.9 Å². The van der Waals surface area contributed by atoms with Gasteiger partial charge in [-0.3, -0.25) is 4.79 Å². The zero-order valence-electron chi connectivity index (χ0n) is 14.6. The van der Waals surface area contributed by atoms with Crippen LogP contribution in [0.25, 0.3) is 10.9 Å². The maximum Gasteiger partial charge on any atom is 0.155 e. The quantitative estimate of drug-likeness (QED) is 0.620. The van der Waals surface area contributed by atoms with Crippen LogP contribution in [0.15, 0.2) is 35.1 Å². The molecule has 4 nitrogen and oxygen atoms in total. The molecule has 132 valence electrons. The van der Waals surface area contributed by atoms with Crippen molar-refractivity contribution in [3.05, 3.63) is 46.3 Å². The predicted octanol–water partition coefficient (Wildman–Crippen LogP) is 4.01. The third kappa shape index (κ3) is 3.04. The minimum atomic E-state index is 0.0188. The number of ether oxygens (including phenoxy) is 1. The van der Waals surface area contributed by atoms with Gasteiger partial charge in [0.15, 0.2) is 5.78 Å². The monoisotopic (exact) mass is 402 g/mol. The first-order valence-corrected chi connectivity index (χ1v) is 9.61. The lowest BCUT2D eigenvalue weighted by molar-refractivity contribution is -0.112. The number of likely N-dealkylation sites (tertiary alicyclic amines) is 1. The Balaban J connectivity index is 1.59. The van der Waals surface area contributed by atoms with Crippen LogP contribution in [0.1, 0.15) is 30.4 Å². The van der Waals surface area contributed by atoms with Gasteiger partial charge >= 0.3 is 0 Å². The first-order chi connectivity index (χ1) is 12.0. The minimum Gasteiger partial charge on any atom is -0.501 e. The van der Waals surface area contributed by atoms with E-state index >= 15 is 0 Å². The van der Waals surface area contributed by atoms with E-state index in [9.17, 15) is 4.79 Å². The van der Waals surface area contributed by atoms with Crippen molar-refractivity contribution in [3.8, 4) is 0 Å². The van der Waals surface area contributed by atoms with E-state index < -0.39 is 0 Å². The zero-order valence-corrected chi connectivity index (χ0v) is 16.2. The summed E-state index contributed by atoms with van der Waals surface area (Å²) in [5, 5.41) is 1.40. The third-order valence-electron chi connectivity index (χ3n) is 5.62. The van der Waals surface area contributed by atoms with Gasteiger partial charge in [0.25, 0.3) is 0 Å². The number of aromatic amines is 1. The van der Waals surface area contributed by atoms with Crippen molar-refractivity contribution in [3.63, 3.8) is 0 Å². The molecule has 1 aliphatic carbocycles. The molecule has 0 radical (unpaired) electrons. The van der Waals surface area contributed by atoms with Crippen molar-refractivity contribution >= 4 is 32.6 Å². The molecule has 2 aliphatic rings. The summed E-state index contributed by atoms with van der Waals surface area (Å²) >= 11 is 3.71. The van der Waals surface area contributed by atoms with E-state index in [1.54, 1.807) is 0 Å². The summed E-state index contributed by atoms with van der Waals surface area (Å²) in [5.41, 5.74) is 4.10. The lowest BCUT2D eigenvalue weighted by Crippen LogP contribution is -2.48. The van der Waals surface area contributed by atoms with Gasteiger partial charge in [-0.15, -0.1) is 0 Å². The van der Waals surface area contributed by atoms with Crippen LogP contribution in [0.5, 0.6) is 0 Å². The summed E-state index contributed by atoms with van der Waals surface area (Å²) in [6.45, 7) is 3.23. The molecule has 1 fully saturated rings. The van der Waals surface area contributed by atoms with Crippen LogP contribution in [0.4, 0.5) is 0 Å². The molecule has 3 atom stereocenters. The SMILES string of the molecule is CC(=O)C=COCC1CC2c3cccc4[nH]c(Br)c(c34)C[C@H]2N(C)C1. The van der Waals surface area contributed by atoms with Gasteiger partial charge in [-0.05, 0) is 59.9 Å². The molecule has 1 aliphatic heterocycles. The molecule has 2 aromatic rings. The van der Waals surface area contributed by atoms with Crippen molar-refractivity contribution < 1.29 is 9.53 Å². The van der Waals surface area contributed by atoms with Crippen molar-refractivity contribution in [2.24, 2.45) is 5.92 Å². The van der Waals surface area contributed by atoms with E-state index in [1.165, 1.54) is 41.3 Å². The van der Waals surface area contributed by atoms with E-state index in [0.717, 1.165) is 24.0 Å². The Morgan fingerprint density at radius 1 is 1.48 bits per heavy atom. The van der Waals surface area contributed by atoms with Crippen molar-refractivity contribution in [2.45, 2.75) is 31.7 Å². The fourth-order valence-corrected chi connectivity index (χ4v) is 5.13. The van der Waals surface area contributed by atoms with Gasteiger partial charge in [0.1, 0.15) is 0 Å². The first kappa shape index (κ1) is 16.9. The third-order valence-corrected chi connectivity index (χ3v) is 6.29. The second-order valence-corrected chi connectivity index (χ2v) is 8.15. The van der Waals surface area contributed by atoms with Crippen LogP contribution in [0, 0.1) is 5.92 Å². The topological polar surface area (TPSA) is 45.3 Å². The molecule has 0 bridgehead atoms. The predicted molar refractivity (Wildman–Crippen MR) is 103 cm³/mol. The van der Waals surface area contributed by atoms with Crippen LogP contribution in [0.3, 0.4) is 0 Å². The molecule has 1 saturated heterocycles. The number of aromatic nitrogens is 1. The Kier molecular flexibility index (Phi) is 4.46. The van der Waals surface area contributed by atoms with E-state index in [0.29, 0.717) is 24.5 Å². The van der Waals surface area contributed by atoms with E-state index in [-0.39, 0.29) is 5.78 Å². The number of allylic oxidation sites excluding steroid dienone is 1. The summed E-state index contributed by atoms with van der Waals surface area (Å²) in [6, 6.07) is 7.14. The van der Waals surface area contributed by atoms with Crippen molar-refractivity contribution in [1.29, 1.82) is 0 Å². The van der Waals surface area contributed by atoms with Gasteiger partial charge in [0.2, 0.25) is 0 Å². The number of fused-ring (bicyclic) bond motifs is 2. The standard InChI is InChI=1S/C20H23BrN2O2/c1-12(24)6-7-25-11-13-8-15-14-4-3-5-17-19(14)16(20(21)22-17)9-18(15)23(2)10-13/h3-7,13,15,18,22H,8-11H2,1-2H3/t13?,15?,18-/m1/s1. The largest absolute Gasteiger partial charge is 0.501 e. The molecular weight excluding hydrogens is 380 g/mol. The average molecular weight is 403 g/mol.